The van der Waals surface area contributed by atoms with Gasteiger partial charge in [0.2, 0.25) is 0 Å². The van der Waals surface area contributed by atoms with E-state index >= 15 is 0 Å². The third kappa shape index (κ3) is 4.45. The number of carboxylic acid groups (broad SMARTS) is 1. The predicted molar refractivity (Wildman–Crippen MR) is 106 cm³/mol. The zero-order chi connectivity index (χ0) is 21.0. The van der Waals surface area contributed by atoms with Gasteiger partial charge in [-0.15, -0.1) is 0 Å². The van der Waals surface area contributed by atoms with Gasteiger partial charge in [0.05, 0.1) is 15.4 Å². The number of nitrogens with one attached hydrogen (secondary N) is 2. The van der Waals surface area contributed by atoms with E-state index in [2.05, 4.69) is 10.6 Å². The topological polar surface area (TPSA) is 148 Å². The Kier molecular flexibility index (Phi) is 5.35. The van der Waals surface area contributed by atoms with Gasteiger partial charge in [-0.1, -0.05) is 18.2 Å². The Bertz CT molecular complexity index is 1050. The lowest BCUT2D eigenvalue weighted by Crippen LogP contribution is -2.06. The van der Waals surface area contributed by atoms with Crippen molar-refractivity contribution in [2.45, 2.75) is 0 Å². The highest BCUT2D eigenvalue weighted by molar-refractivity contribution is 5.93. The summed E-state index contributed by atoms with van der Waals surface area (Å²) < 4.78 is 0. The highest BCUT2D eigenvalue weighted by Gasteiger charge is 2.28. The second kappa shape index (κ2) is 8.05. The third-order valence-electron chi connectivity index (χ3n) is 3.95. The zero-order valence-electron chi connectivity index (χ0n) is 14.7. The summed E-state index contributed by atoms with van der Waals surface area (Å²) in [5.41, 5.74) is -0.384. The first-order chi connectivity index (χ1) is 13.8. The fourth-order valence-corrected chi connectivity index (χ4v) is 2.62. The molecule has 0 atom stereocenters. The zero-order valence-corrected chi connectivity index (χ0v) is 14.7. The molecule has 0 heterocycles. The number of nitrogens with zero attached hydrogens (tertiary/aromatic N) is 2. The lowest BCUT2D eigenvalue weighted by atomic mass is 10.1. The Hall–Kier alpha value is -4.47. The maximum Gasteiger partial charge on any atom is 0.336 e. The van der Waals surface area contributed by atoms with Gasteiger partial charge < -0.3 is 15.7 Å². The molecule has 0 fully saturated rings. The molecule has 0 aliphatic carbocycles. The minimum absolute atomic E-state index is 0.359. The Labute approximate surface area is 163 Å². The summed E-state index contributed by atoms with van der Waals surface area (Å²) in [6.45, 7) is 0. The van der Waals surface area contributed by atoms with Crippen LogP contribution in [-0.2, 0) is 0 Å². The number of hydrogen-bond acceptors (Lipinski definition) is 7. The van der Waals surface area contributed by atoms with Crippen molar-refractivity contribution in [3.05, 3.63) is 92.5 Å². The van der Waals surface area contributed by atoms with Crippen LogP contribution in [0.5, 0.6) is 0 Å². The fraction of sp³-hybridized carbons (Fsp3) is 0. The number of carboxylic acids is 1. The van der Waals surface area contributed by atoms with E-state index in [-0.39, 0.29) is 0 Å². The molecule has 0 aliphatic heterocycles. The summed E-state index contributed by atoms with van der Waals surface area (Å²) in [5.74, 6) is -1.50. The van der Waals surface area contributed by atoms with Crippen LogP contribution in [0.4, 0.5) is 34.1 Å². The van der Waals surface area contributed by atoms with Crippen molar-refractivity contribution >= 4 is 40.1 Å². The predicted octanol–water partition coefficient (Wildman–Crippen LogP) is 4.69. The number of nitro benzene ring substituents is 2. The molecular formula is C19H14N4O6. The summed E-state index contributed by atoms with van der Waals surface area (Å²) >= 11 is 0. The van der Waals surface area contributed by atoms with Crippen LogP contribution in [0.2, 0.25) is 0 Å². The van der Waals surface area contributed by atoms with Crippen LogP contribution in [-0.4, -0.2) is 20.9 Å². The van der Waals surface area contributed by atoms with Crippen molar-refractivity contribution in [1.82, 2.24) is 0 Å². The molecule has 0 bridgehead atoms. The molecule has 29 heavy (non-hydrogen) atoms. The summed E-state index contributed by atoms with van der Waals surface area (Å²) in [6, 6.07) is 17.5. The maximum absolute atomic E-state index is 11.4. The minimum atomic E-state index is -1.50. The molecule has 3 aromatic carbocycles. The van der Waals surface area contributed by atoms with E-state index in [1.165, 1.54) is 0 Å². The van der Waals surface area contributed by atoms with E-state index in [1.807, 2.05) is 30.3 Å². The number of para-hydroxylation sites is 1. The first kappa shape index (κ1) is 19.3. The van der Waals surface area contributed by atoms with E-state index in [0.717, 1.165) is 23.5 Å². The summed E-state index contributed by atoms with van der Waals surface area (Å²) in [5, 5.41) is 37.6. The normalized spacial score (nSPS) is 10.2. The van der Waals surface area contributed by atoms with E-state index in [4.69, 9.17) is 5.11 Å². The second-order valence-electron chi connectivity index (χ2n) is 5.90. The van der Waals surface area contributed by atoms with Crippen LogP contribution in [0.25, 0.3) is 0 Å². The van der Waals surface area contributed by atoms with Crippen LogP contribution in [0, 0.1) is 20.2 Å². The van der Waals surface area contributed by atoms with Crippen LogP contribution >= 0.6 is 0 Å². The first-order valence-electron chi connectivity index (χ1n) is 8.24. The average molecular weight is 394 g/mol. The van der Waals surface area contributed by atoms with Crippen molar-refractivity contribution in [2.24, 2.45) is 0 Å². The second-order valence-corrected chi connectivity index (χ2v) is 5.90. The van der Waals surface area contributed by atoms with Gasteiger partial charge in [-0.05, 0) is 36.4 Å². The first-order valence-corrected chi connectivity index (χ1v) is 8.24. The number of anilines is 4. The van der Waals surface area contributed by atoms with Crippen molar-refractivity contribution in [3.63, 3.8) is 0 Å². The van der Waals surface area contributed by atoms with Gasteiger partial charge in [-0.3, -0.25) is 20.2 Å². The molecule has 0 unspecified atom stereocenters. The SMILES string of the molecule is O=C(O)c1cc([N+](=O)[O-])c(Nc2ccc(Nc3ccccc3)cc2)c([N+](=O)[O-])c1. The molecule has 0 aromatic heterocycles. The highest BCUT2D eigenvalue weighted by atomic mass is 16.6. The monoisotopic (exact) mass is 394 g/mol. The molecule has 10 heteroatoms. The van der Waals surface area contributed by atoms with Crippen LogP contribution in [0.1, 0.15) is 10.4 Å². The van der Waals surface area contributed by atoms with Gasteiger partial charge in [-0.2, -0.15) is 0 Å². The fourth-order valence-electron chi connectivity index (χ4n) is 2.62. The van der Waals surface area contributed by atoms with Gasteiger partial charge in [-0.25, -0.2) is 4.79 Å². The molecule has 10 nitrogen and oxygen atoms in total. The Balaban J connectivity index is 1.93. The molecule has 146 valence electrons. The van der Waals surface area contributed by atoms with E-state index in [1.54, 1.807) is 24.3 Å². The Morgan fingerprint density at radius 3 is 1.66 bits per heavy atom. The summed E-state index contributed by atoms with van der Waals surface area (Å²) in [7, 11) is 0. The standard InChI is InChI=1S/C19H14N4O6/c24-19(25)12-10-16(22(26)27)18(17(11-12)23(28)29)21-15-8-6-14(7-9-15)20-13-4-2-1-3-5-13/h1-11,20-21H,(H,24,25). The highest BCUT2D eigenvalue weighted by Crippen LogP contribution is 2.38. The van der Waals surface area contributed by atoms with Gasteiger partial charge in [0.1, 0.15) is 0 Å². The molecule has 0 spiro atoms. The molecule has 3 aromatic rings. The molecule has 3 N–H and O–H groups in total. The van der Waals surface area contributed by atoms with Crippen molar-refractivity contribution in [3.8, 4) is 0 Å². The van der Waals surface area contributed by atoms with Crippen LogP contribution < -0.4 is 10.6 Å². The number of benzene rings is 3. The molecule has 0 radical (unpaired) electrons. The molecule has 0 saturated heterocycles. The van der Waals surface area contributed by atoms with E-state index < -0.39 is 38.4 Å². The largest absolute Gasteiger partial charge is 0.478 e. The Morgan fingerprint density at radius 2 is 1.21 bits per heavy atom. The van der Waals surface area contributed by atoms with Crippen molar-refractivity contribution in [1.29, 1.82) is 0 Å². The number of aromatic carboxylic acids is 1. The quantitative estimate of drug-likeness (QED) is 0.386. The average Bonchev–Trinajstić information content (AvgIpc) is 2.69. The number of carbonyl (C=O) groups is 1. The maximum atomic E-state index is 11.4. The van der Waals surface area contributed by atoms with Gasteiger partial charge in [0.25, 0.3) is 0 Å². The van der Waals surface area contributed by atoms with Gasteiger partial charge >= 0.3 is 17.3 Å². The smallest absolute Gasteiger partial charge is 0.336 e. The number of hydrogen-bond donors (Lipinski definition) is 3. The third-order valence-corrected chi connectivity index (χ3v) is 3.95. The van der Waals surface area contributed by atoms with Gasteiger partial charge in [0.15, 0.2) is 5.69 Å². The number of nitro groups is 2. The van der Waals surface area contributed by atoms with Crippen LogP contribution in [0.3, 0.4) is 0 Å². The molecule has 0 aliphatic rings. The van der Waals surface area contributed by atoms with E-state index in [9.17, 15) is 25.0 Å². The lowest BCUT2D eigenvalue weighted by molar-refractivity contribution is -0.392. The number of rotatable bonds is 7. The Morgan fingerprint density at radius 1 is 0.759 bits per heavy atom. The van der Waals surface area contributed by atoms with Gasteiger partial charge in [0, 0.05) is 29.2 Å². The van der Waals surface area contributed by atoms with Crippen LogP contribution in [0.15, 0.2) is 66.7 Å². The van der Waals surface area contributed by atoms with Crippen molar-refractivity contribution in [2.75, 3.05) is 10.6 Å². The van der Waals surface area contributed by atoms with Crippen molar-refractivity contribution < 1.29 is 19.7 Å². The molecule has 0 amide bonds. The summed E-state index contributed by atoms with van der Waals surface area (Å²) in [4.78, 5) is 32.1. The summed E-state index contributed by atoms with van der Waals surface area (Å²) in [6.07, 6.45) is 0. The minimum Gasteiger partial charge on any atom is -0.478 e. The molecule has 3 rings (SSSR count). The van der Waals surface area contributed by atoms with E-state index in [0.29, 0.717) is 5.69 Å². The molecular weight excluding hydrogens is 380 g/mol. The molecule has 0 saturated carbocycles. The lowest BCUT2D eigenvalue weighted by Gasteiger charge is -2.10.